The fourth-order valence-corrected chi connectivity index (χ4v) is 0.903. The van der Waals surface area contributed by atoms with E-state index in [2.05, 4.69) is 15.9 Å². The van der Waals surface area contributed by atoms with Crippen LogP contribution in [0, 0.1) is 0 Å². The average Bonchev–Trinajstić information content (AvgIpc) is 2.03. The van der Waals surface area contributed by atoms with Crippen LogP contribution < -0.4 is 0 Å². The van der Waals surface area contributed by atoms with Crippen molar-refractivity contribution in [1.29, 1.82) is 0 Å². The average molecular weight is 277 g/mol. The van der Waals surface area contributed by atoms with Gasteiger partial charge in [0.05, 0.1) is 4.48 Å². The van der Waals surface area contributed by atoms with E-state index in [-0.39, 0.29) is 0 Å². The molecule has 0 unspecified atom stereocenters. The summed E-state index contributed by atoms with van der Waals surface area (Å²) in [6, 6.07) is 0. The van der Waals surface area contributed by atoms with Crippen molar-refractivity contribution < 1.29 is 22.6 Å². The van der Waals surface area contributed by atoms with Crippen molar-refractivity contribution >= 4 is 15.9 Å². The summed E-state index contributed by atoms with van der Waals surface area (Å²) in [6.45, 7) is 3.95. The number of hydrogen-bond donors (Lipinski definition) is 0. The number of rotatable bonds is 5. The lowest BCUT2D eigenvalue weighted by Crippen LogP contribution is -2.17. The summed E-state index contributed by atoms with van der Waals surface area (Å²) in [7, 11) is 0. The summed E-state index contributed by atoms with van der Waals surface area (Å²) in [5.74, 6) is 0. The lowest BCUT2D eigenvalue weighted by atomic mass is 10.4. The van der Waals surface area contributed by atoms with Crippen molar-refractivity contribution in [1.82, 2.24) is 0 Å². The van der Waals surface area contributed by atoms with Crippen LogP contribution in [-0.4, -0.2) is 25.7 Å². The molecule has 84 valence electrons. The van der Waals surface area contributed by atoms with Crippen molar-refractivity contribution in [2.45, 2.75) is 26.3 Å². The normalized spacial score (nSPS) is 13.8. The van der Waals surface area contributed by atoms with Crippen LogP contribution in [0.5, 0.6) is 0 Å². The number of ether oxygens (including phenoxy) is 2. The highest BCUT2D eigenvalue weighted by atomic mass is 79.9. The van der Waals surface area contributed by atoms with E-state index in [1.54, 1.807) is 13.8 Å². The molecule has 0 N–H and O–H groups in total. The Morgan fingerprint density at radius 2 is 1.71 bits per heavy atom. The zero-order valence-electron chi connectivity index (χ0n) is 7.90. The van der Waals surface area contributed by atoms with E-state index in [4.69, 9.17) is 9.47 Å². The summed E-state index contributed by atoms with van der Waals surface area (Å²) in [4.78, 5) is 0. The van der Waals surface area contributed by atoms with E-state index in [0.29, 0.717) is 13.2 Å². The first kappa shape index (κ1) is 13.9. The Morgan fingerprint density at radius 3 is 2.00 bits per heavy atom. The Labute approximate surface area is 89.2 Å². The van der Waals surface area contributed by atoms with Crippen molar-refractivity contribution in [3.63, 3.8) is 0 Å². The van der Waals surface area contributed by atoms with E-state index in [0.717, 1.165) is 6.08 Å². The molecular weight excluding hydrogens is 265 g/mol. The SMILES string of the molecule is CCOC(C=C(Br)C(F)(F)F)OCC. The molecule has 0 spiro atoms. The molecule has 0 radical (unpaired) electrons. The summed E-state index contributed by atoms with van der Waals surface area (Å²) < 4.78 is 45.1. The Balaban J connectivity index is 4.38. The molecule has 0 saturated carbocycles. The van der Waals surface area contributed by atoms with E-state index in [9.17, 15) is 13.2 Å². The molecule has 0 amide bonds. The van der Waals surface area contributed by atoms with Gasteiger partial charge in [-0.3, -0.25) is 0 Å². The molecule has 0 saturated heterocycles. The van der Waals surface area contributed by atoms with Gasteiger partial charge < -0.3 is 9.47 Å². The van der Waals surface area contributed by atoms with Gasteiger partial charge >= 0.3 is 6.18 Å². The van der Waals surface area contributed by atoms with Gasteiger partial charge in [0, 0.05) is 13.2 Å². The highest BCUT2D eigenvalue weighted by Crippen LogP contribution is 2.30. The summed E-state index contributed by atoms with van der Waals surface area (Å²) in [5.41, 5.74) is 0. The third kappa shape index (κ3) is 5.62. The van der Waals surface area contributed by atoms with Gasteiger partial charge in [-0.1, -0.05) is 0 Å². The molecule has 0 aliphatic heterocycles. The maximum atomic E-state index is 12.1. The van der Waals surface area contributed by atoms with Gasteiger partial charge in [-0.2, -0.15) is 13.2 Å². The monoisotopic (exact) mass is 276 g/mol. The Morgan fingerprint density at radius 1 is 1.29 bits per heavy atom. The maximum absolute atomic E-state index is 12.1. The minimum Gasteiger partial charge on any atom is -0.349 e. The first-order chi connectivity index (χ1) is 6.41. The second kappa shape index (κ2) is 6.42. The quantitative estimate of drug-likeness (QED) is 0.718. The molecule has 0 fully saturated rings. The Hall–Kier alpha value is -0.0700. The number of hydrogen-bond acceptors (Lipinski definition) is 2. The number of halogens is 4. The lowest BCUT2D eigenvalue weighted by molar-refractivity contribution is -0.111. The molecule has 0 aliphatic rings. The minimum atomic E-state index is -4.40. The summed E-state index contributed by atoms with van der Waals surface area (Å²) in [6.07, 6.45) is -4.50. The van der Waals surface area contributed by atoms with Crippen LogP contribution in [0.25, 0.3) is 0 Å². The van der Waals surface area contributed by atoms with Gasteiger partial charge in [-0.25, -0.2) is 0 Å². The molecule has 0 atom stereocenters. The van der Waals surface area contributed by atoms with Gasteiger partial charge in [0.25, 0.3) is 0 Å². The van der Waals surface area contributed by atoms with Crippen LogP contribution in [0.1, 0.15) is 13.8 Å². The van der Waals surface area contributed by atoms with E-state index in [1.807, 2.05) is 0 Å². The molecule has 0 heterocycles. The highest BCUT2D eigenvalue weighted by Gasteiger charge is 2.32. The molecule has 0 aromatic rings. The van der Waals surface area contributed by atoms with E-state index in [1.165, 1.54) is 0 Å². The van der Waals surface area contributed by atoms with Gasteiger partial charge in [-0.15, -0.1) is 0 Å². The van der Waals surface area contributed by atoms with Crippen molar-refractivity contribution in [2.24, 2.45) is 0 Å². The fourth-order valence-electron chi connectivity index (χ4n) is 0.687. The predicted octanol–water partition coefficient (Wildman–Crippen LogP) is 3.23. The molecule has 0 rings (SSSR count). The summed E-state index contributed by atoms with van der Waals surface area (Å²) in [5, 5.41) is 0. The third-order valence-electron chi connectivity index (χ3n) is 1.22. The van der Waals surface area contributed by atoms with Gasteiger partial charge in [-0.05, 0) is 35.9 Å². The van der Waals surface area contributed by atoms with Crippen molar-refractivity contribution in [3.8, 4) is 0 Å². The predicted molar refractivity (Wildman–Crippen MR) is 50.1 cm³/mol. The highest BCUT2D eigenvalue weighted by molar-refractivity contribution is 9.11. The van der Waals surface area contributed by atoms with Crippen LogP contribution in [0.4, 0.5) is 13.2 Å². The van der Waals surface area contributed by atoms with E-state index < -0.39 is 16.9 Å². The molecule has 2 nitrogen and oxygen atoms in total. The Kier molecular flexibility index (Phi) is 6.39. The van der Waals surface area contributed by atoms with Crippen LogP contribution in [0.2, 0.25) is 0 Å². The molecule has 0 aromatic heterocycles. The first-order valence-corrected chi connectivity index (χ1v) is 4.88. The third-order valence-corrected chi connectivity index (χ3v) is 1.93. The molecule has 6 heteroatoms. The minimum absolute atomic E-state index is 0.291. The lowest BCUT2D eigenvalue weighted by Gasteiger charge is -2.14. The topological polar surface area (TPSA) is 18.5 Å². The maximum Gasteiger partial charge on any atom is 0.422 e. The molecule has 14 heavy (non-hydrogen) atoms. The van der Waals surface area contributed by atoms with Crippen molar-refractivity contribution in [3.05, 3.63) is 10.6 Å². The van der Waals surface area contributed by atoms with Gasteiger partial charge in [0.1, 0.15) is 0 Å². The second-order valence-electron chi connectivity index (χ2n) is 2.29. The summed E-state index contributed by atoms with van der Waals surface area (Å²) >= 11 is 2.42. The molecular formula is C8H12BrF3O2. The number of alkyl halides is 3. The standard InChI is InChI=1S/C8H12BrF3O2/c1-3-13-7(14-4-2)5-6(9)8(10,11)12/h5,7H,3-4H2,1-2H3. The van der Waals surface area contributed by atoms with E-state index >= 15 is 0 Å². The molecule has 0 aromatic carbocycles. The van der Waals surface area contributed by atoms with Crippen molar-refractivity contribution in [2.75, 3.05) is 13.2 Å². The Bertz CT molecular complexity index is 186. The fraction of sp³-hybridized carbons (Fsp3) is 0.750. The number of allylic oxidation sites excluding steroid dienone is 1. The first-order valence-electron chi connectivity index (χ1n) is 4.09. The van der Waals surface area contributed by atoms with Gasteiger partial charge in [0.15, 0.2) is 6.29 Å². The van der Waals surface area contributed by atoms with Crippen LogP contribution in [-0.2, 0) is 9.47 Å². The van der Waals surface area contributed by atoms with Crippen LogP contribution in [0.3, 0.4) is 0 Å². The zero-order valence-corrected chi connectivity index (χ0v) is 9.48. The van der Waals surface area contributed by atoms with Crippen LogP contribution >= 0.6 is 15.9 Å². The smallest absolute Gasteiger partial charge is 0.349 e. The molecule has 0 bridgehead atoms. The second-order valence-corrected chi connectivity index (χ2v) is 3.15. The van der Waals surface area contributed by atoms with Crippen LogP contribution in [0.15, 0.2) is 10.6 Å². The zero-order chi connectivity index (χ0) is 11.2. The largest absolute Gasteiger partial charge is 0.422 e. The van der Waals surface area contributed by atoms with Gasteiger partial charge in [0.2, 0.25) is 0 Å². The molecule has 0 aliphatic carbocycles.